The predicted molar refractivity (Wildman–Crippen MR) is 128 cm³/mol. The monoisotopic (exact) mass is 436 g/mol. The summed E-state index contributed by atoms with van der Waals surface area (Å²) in [6.07, 6.45) is 10.9. The number of aromatic amines is 1. The minimum absolute atomic E-state index is 0.170. The summed E-state index contributed by atoms with van der Waals surface area (Å²) >= 11 is 0. The van der Waals surface area contributed by atoms with E-state index in [1.54, 1.807) is 6.33 Å². The maximum atomic E-state index is 12.8. The van der Waals surface area contributed by atoms with Crippen molar-refractivity contribution in [1.82, 2.24) is 19.5 Å². The highest BCUT2D eigenvalue weighted by molar-refractivity contribution is 5.69. The van der Waals surface area contributed by atoms with Crippen LogP contribution in [0.4, 0.5) is 0 Å². The summed E-state index contributed by atoms with van der Waals surface area (Å²) in [6, 6.07) is 10.5. The summed E-state index contributed by atoms with van der Waals surface area (Å²) in [5.74, 6) is 1.54. The van der Waals surface area contributed by atoms with Gasteiger partial charge in [-0.3, -0.25) is 4.79 Å². The molecular weight excluding hydrogens is 400 g/mol. The fraction of sp³-hybridized carbons (Fsp3) is 0.577. The van der Waals surface area contributed by atoms with Crippen molar-refractivity contribution in [2.24, 2.45) is 0 Å². The zero-order valence-electron chi connectivity index (χ0n) is 19.3. The van der Waals surface area contributed by atoms with Gasteiger partial charge >= 0.3 is 0 Å². The third-order valence-electron chi connectivity index (χ3n) is 7.08. The van der Waals surface area contributed by atoms with Gasteiger partial charge in [-0.15, -0.1) is 0 Å². The number of aliphatic hydroxyl groups excluding tert-OH is 1. The Morgan fingerprint density at radius 1 is 1.12 bits per heavy atom. The number of aliphatic hydroxyl groups is 1. The van der Waals surface area contributed by atoms with Crippen molar-refractivity contribution < 1.29 is 5.11 Å². The average molecular weight is 437 g/mol. The zero-order valence-corrected chi connectivity index (χ0v) is 19.3. The number of H-pyrrole nitrogens is 1. The molecule has 0 amide bonds. The SMILES string of the molecule is CCCC(CCC(C(C)O)n1cnc2c(=O)[nH]c(C3CCCCC3)nc21)c1ccccc1. The van der Waals surface area contributed by atoms with Crippen molar-refractivity contribution in [3.63, 3.8) is 0 Å². The number of hydrogen-bond acceptors (Lipinski definition) is 4. The number of nitrogens with zero attached hydrogens (tertiary/aromatic N) is 3. The van der Waals surface area contributed by atoms with Gasteiger partial charge in [0.05, 0.1) is 18.5 Å². The van der Waals surface area contributed by atoms with E-state index >= 15 is 0 Å². The largest absolute Gasteiger partial charge is 0.391 e. The van der Waals surface area contributed by atoms with Gasteiger partial charge in [0.15, 0.2) is 11.2 Å². The molecule has 2 aromatic heterocycles. The quantitative estimate of drug-likeness (QED) is 0.467. The molecule has 0 saturated heterocycles. The molecule has 6 nitrogen and oxygen atoms in total. The lowest BCUT2D eigenvalue weighted by molar-refractivity contribution is 0.123. The minimum atomic E-state index is -0.565. The summed E-state index contributed by atoms with van der Waals surface area (Å²) < 4.78 is 1.94. The molecule has 172 valence electrons. The van der Waals surface area contributed by atoms with E-state index in [1.165, 1.54) is 24.8 Å². The topological polar surface area (TPSA) is 83.8 Å². The zero-order chi connectivity index (χ0) is 22.5. The molecule has 1 fully saturated rings. The Morgan fingerprint density at radius 2 is 1.88 bits per heavy atom. The van der Waals surface area contributed by atoms with Crippen LogP contribution in [-0.2, 0) is 0 Å². The highest BCUT2D eigenvalue weighted by atomic mass is 16.3. The summed E-state index contributed by atoms with van der Waals surface area (Å²) in [6.45, 7) is 4.04. The normalized spacial score (nSPS) is 18.0. The molecule has 1 aromatic carbocycles. The van der Waals surface area contributed by atoms with Crippen LogP contribution in [-0.4, -0.2) is 30.7 Å². The van der Waals surface area contributed by atoms with Crippen LogP contribution in [0.3, 0.4) is 0 Å². The Balaban J connectivity index is 1.62. The molecule has 0 spiro atoms. The first-order valence-electron chi connectivity index (χ1n) is 12.3. The molecule has 1 aliphatic carbocycles. The van der Waals surface area contributed by atoms with Crippen LogP contribution in [0.5, 0.6) is 0 Å². The summed E-state index contributed by atoms with van der Waals surface area (Å²) in [7, 11) is 0. The lowest BCUT2D eigenvalue weighted by Crippen LogP contribution is -2.23. The van der Waals surface area contributed by atoms with Gasteiger partial charge in [0.1, 0.15) is 5.82 Å². The molecule has 3 atom stereocenters. The van der Waals surface area contributed by atoms with Crippen molar-refractivity contribution >= 4 is 11.2 Å². The molecule has 6 heteroatoms. The van der Waals surface area contributed by atoms with E-state index in [9.17, 15) is 9.90 Å². The number of benzene rings is 1. The predicted octanol–water partition coefficient (Wildman–Crippen LogP) is 5.45. The smallest absolute Gasteiger partial charge is 0.279 e. The Morgan fingerprint density at radius 3 is 2.56 bits per heavy atom. The van der Waals surface area contributed by atoms with Crippen LogP contribution in [0.2, 0.25) is 0 Å². The van der Waals surface area contributed by atoms with E-state index in [4.69, 9.17) is 4.98 Å². The third-order valence-corrected chi connectivity index (χ3v) is 7.08. The maximum Gasteiger partial charge on any atom is 0.279 e. The summed E-state index contributed by atoms with van der Waals surface area (Å²) in [4.78, 5) is 25.0. The molecule has 1 saturated carbocycles. The van der Waals surface area contributed by atoms with Gasteiger partial charge in [0.25, 0.3) is 5.56 Å². The van der Waals surface area contributed by atoms with E-state index in [2.05, 4.69) is 47.2 Å². The Hall–Kier alpha value is -2.47. The van der Waals surface area contributed by atoms with Crippen LogP contribution < -0.4 is 5.56 Å². The summed E-state index contributed by atoms with van der Waals surface area (Å²) in [5, 5.41) is 10.7. The lowest BCUT2D eigenvalue weighted by Gasteiger charge is -2.25. The Bertz CT molecular complexity index is 1050. The second-order valence-electron chi connectivity index (χ2n) is 9.39. The van der Waals surface area contributed by atoms with E-state index in [0.717, 1.165) is 44.3 Å². The van der Waals surface area contributed by atoms with Gasteiger partial charge in [0.2, 0.25) is 0 Å². The number of nitrogens with one attached hydrogen (secondary N) is 1. The average Bonchev–Trinajstić information content (AvgIpc) is 3.24. The molecular formula is C26H36N4O2. The minimum Gasteiger partial charge on any atom is -0.391 e. The number of imidazole rings is 1. The van der Waals surface area contributed by atoms with Gasteiger partial charge in [-0.1, -0.05) is 62.9 Å². The molecule has 2 heterocycles. The summed E-state index contributed by atoms with van der Waals surface area (Å²) in [5.41, 5.74) is 2.14. The van der Waals surface area contributed by atoms with Crippen LogP contribution in [0.15, 0.2) is 41.5 Å². The fourth-order valence-electron chi connectivity index (χ4n) is 5.29. The number of fused-ring (bicyclic) bond motifs is 1. The second-order valence-corrected chi connectivity index (χ2v) is 9.39. The number of aromatic nitrogens is 4. The first-order chi connectivity index (χ1) is 15.6. The molecule has 0 bridgehead atoms. The van der Waals surface area contributed by atoms with Crippen LogP contribution >= 0.6 is 0 Å². The van der Waals surface area contributed by atoms with Gasteiger partial charge in [-0.05, 0) is 50.5 Å². The highest BCUT2D eigenvalue weighted by Gasteiger charge is 2.25. The van der Waals surface area contributed by atoms with Crippen LogP contribution in [0.25, 0.3) is 11.2 Å². The molecule has 4 rings (SSSR count). The van der Waals surface area contributed by atoms with E-state index < -0.39 is 6.10 Å². The van der Waals surface area contributed by atoms with Crippen molar-refractivity contribution in [1.29, 1.82) is 0 Å². The molecule has 0 radical (unpaired) electrons. The molecule has 2 N–H and O–H groups in total. The second kappa shape index (κ2) is 10.4. The van der Waals surface area contributed by atoms with Crippen molar-refractivity contribution in [3.05, 3.63) is 58.4 Å². The standard InChI is InChI=1S/C26H36N4O2/c1-3-10-19(20-11-6-4-7-12-20)15-16-22(18(2)31)30-17-27-23-25(30)28-24(29-26(23)32)21-13-8-5-9-14-21/h4,6-7,11-12,17-19,21-22,31H,3,5,8-10,13-16H2,1-2H3,(H,28,29,32). The highest BCUT2D eigenvalue weighted by Crippen LogP contribution is 2.33. The lowest BCUT2D eigenvalue weighted by atomic mass is 9.88. The van der Waals surface area contributed by atoms with Gasteiger partial charge in [-0.25, -0.2) is 9.97 Å². The van der Waals surface area contributed by atoms with Crippen molar-refractivity contribution in [3.8, 4) is 0 Å². The van der Waals surface area contributed by atoms with E-state index in [1.807, 2.05) is 11.5 Å². The van der Waals surface area contributed by atoms with Crippen LogP contribution in [0.1, 0.15) is 101 Å². The van der Waals surface area contributed by atoms with Crippen LogP contribution in [0, 0.1) is 0 Å². The van der Waals surface area contributed by atoms with E-state index in [0.29, 0.717) is 23.0 Å². The number of hydrogen-bond donors (Lipinski definition) is 2. The van der Waals surface area contributed by atoms with Gasteiger partial charge in [0, 0.05) is 5.92 Å². The van der Waals surface area contributed by atoms with Crippen molar-refractivity contribution in [2.75, 3.05) is 0 Å². The van der Waals surface area contributed by atoms with Gasteiger partial charge < -0.3 is 14.7 Å². The molecule has 32 heavy (non-hydrogen) atoms. The van der Waals surface area contributed by atoms with Gasteiger partial charge in [-0.2, -0.15) is 0 Å². The van der Waals surface area contributed by atoms with Crippen molar-refractivity contribution in [2.45, 2.75) is 95.6 Å². The molecule has 3 unspecified atom stereocenters. The Labute approximate surface area is 190 Å². The molecule has 3 aromatic rings. The Kier molecular flexibility index (Phi) is 7.40. The maximum absolute atomic E-state index is 12.8. The first kappa shape index (κ1) is 22.7. The molecule has 0 aliphatic heterocycles. The number of rotatable bonds is 9. The molecule has 1 aliphatic rings. The first-order valence-corrected chi connectivity index (χ1v) is 12.3. The van der Waals surface area contributed by atoms with E-state index in [-0.39, 0.29) is 11.6 Å². The third kappa shape index (κ3) is 4.96. The fourth-order valence-corrected chi connectivity index (χ4v) is 5.29.